The molecule has 0 bridgehead atoms. The Kier molecular flexibility index (Phi) is 5.13. The Balaban J connectivity index is 2.03. The summed E-state index contributed by atoms with van der Waals surface area (Å²) in [4.78, 5) is 0. The van der Waals surface area contributed by atoms with Crippen molar-refractivity contribution in [1.29, 1.82) is 0 Å². The molecule has 1 aliphatic heterocycles. The maximum atomic E-state index is 14.6. The van der Waals surface area contributed by atoms with Crippen molar-refractivity contribution in [3.05, 3.63) is 71.2 Å². The van der Waals surface area contributed by atoms with Gasteiger partial charge < -0.3 is 18.8 Å². The van der Waals surface area contributed by atoms with Crippen LogP contribution in [0.25, 0.3) is 0 Å². The van der Waals surface area contributed by atoms with Crippen LogP contribution < -0.4 is 30.1 Å². The van der Waals surface area contributed by atoms with E-state index in [0.29, 0.717) is 15.9 Å². The van der Waals surface area contributed by atoms with Gasteiger partial charge in [0.1, 0.15) is 0 Å². The first-order chi connectivity index (χ1) is 13.9. The molecule has 150 valence electrons. The summed E-state index contributed by atoms with van der Waals surface area (Å²) in [7, 11) is -3.45. The molecule has 1 heterocycles. The summed E-state index contributed by atoms with van der Waals surface area (Å²) in [5, 5.41) is 1.40. The van der Waals surface area contributed by atoms with Crippen LogP contribution in [0.1, 0.15) is 6.92 Å². The largest absolute Gasteiger partial charge is 0.586 e. The van der Waals surface area contributed by atoms with Crippen molar-refractivity contribution in [2.24, 2.45) is 0 Å². The van der Waals surface area contributed by atoms with Gasteiger partial charge >= 0.3 is 6.29 Å². The van der Waals surface area contributed by atoms with E-state index in [9.17, 15) is 13.3 Å². The first-order valence-electron chi connectivity index (χ1n) is 8.84. The van der Waals surface area contributed by atoms with E-state index < -0.39 is 13.4 Å². The first-order valence-corrected chi connectivity index (χ1v) is 11.3. The molecule has 3 aromatic rings. The molecule has 0 amide bonds. The zero-order valence-corrected chi connectivity index (χ0v) is 17.8. The van der Waals surface area contributed by atoms with Crippen LogP contribution in [-0.2, 0) is 4.57 Å². The summed E-state index contributed by atoms with van der Waals surface area (Å²) in [6.45, 7) is 1.93. The minimum atomic E-state index is -3.83. The van der Waals surface area contributed by atoms with Crippen molar-refractivity contribution in [2.45, 2.75) is 13.2 Å². The number of halogens is 3. The summed E-state index contributed by atoms with van der Waals surface area (Å²) in [5.74, 6) is -0.409. The molecule has 0 spiro atoms. The van der Waals surface area contributed by atoms with Crippen molar-refractivity contribution in [1.82, 2.24) is 0 Å². The lowest BCUT2D eigenvalue weighted by Crippen LogP contribution is -2.27. The van der Waals surface area contributed by atoms with Gasteiger partial charge in [-0.2, -0.15) is 0 Å². The monoisotopic (exact) mass is 480 g/mol. The van der Waals surface area contributed by atoms with Gasteiger partial charge in [-0.25, -0.2) is 0 Å². The molecule has 0 N–H and O–H groups in total. The molecule has 4 rings (SSSR count). The van der Waals surface area contributed by atoms with Crippen LogP contribution in [0.3, 0.4) is 0 Å². The average molecular weight is 481 g/mol. The molecule has 8 heteroatoms. The van der Waals surface area contributed by atoms with Crippen molar-refractivity contribution in [3.8, 4) is 17.2 Å². The number of hydrogen-bond acceptors (Lipinski definition) is 4. The van der Waals surface area contributed by atoms with Crippen molar-refractivity contribution >= 4 is 39.0 Å². The van der Waals surface area contributed by atoms with E-state index in [-0.39, 0.29) is 28.3 Å². The minimum Gasteiger partial charge on any atom is -0.490 e. The molecule has 0 radical (unpaired) electrons. The quantitative estimate of drug-likeness (QED) is 0.491. The number of rotatable bonds is 5. The standard InChI is InChI=1S/C21H16BrF2O4P/c1-2-26-16-13-17(18(22)20-19(16)27-21(23,24)28-20)29(25,14-9-5-3-6-10-14)15-11-7-4-8-12-15/h3-13H,2H2,1H3. The Hall–Kier alpha value is -2.37. The van der Waals surface area contributed by atoms with Gasteiger partial charge in [-0.15, -0.1) is 8.78 Å². The number of hydrogen-bond donors (Lipinski definition) is 0. The molecular formula is C21H16BrF2O4P. The van der Waals surface area contributed by atoms with E-state index in [1.54, 1.807) is 55.5 Å². The molecule has 0 aliphatic carbocycles. The van der Waals surface area contributed by atoms with Gasteiger partial charge in [-0.1, -0.05) is 60.7 Å². The molecule has 29 heavy (non-hydrogen) atoms. The van der Waals surface area contributed by atoms with Crippen molar-refractivity contribution in [3.63, 3.8) is 0 Å². The Morgan fingerprint density at radius 3 is 2.00 bits per heavy atom. The Morgan fingerprint density at radius 1 is 0.966 bits per heavy atom. The topological polar surface area (TPSA) is 44.8 Å². The maximum absolute atomic E-state index is 14.6. The average Bonchev–Trinajstić information content (AvgIpc) is 3.07. The predicted molar refractivity (Wildman–Crippen MR) is 111 cm³/mol. The molecule has 0 saturated heterocycles. The van der Waals surface area contributed by atoms with Gasteiger partial charge in [0.15, 0.2) is 18.6 Å². The fourth-order valence-electron chi connectivity index (χ4n) is 3.22. The van der Waals surface area contributed by atoms with Gasteiger partial charge in [0, 0.05) is 15.9 Å². The van der Waals surface area contributed by atoms with Crippen LogP contribution >= 0.6 is 23.1 Å². The second kappa shape index (κ2) is 7.47. The molecule has 0 fully saturated rings. The number of alkyl halides is 2. The molecule has 1 aliphatic rings. The van der Waals surface area contributed by atoms with Gasteiger partial charge in [0.25, 0.3) is 0 Å². The summed E-state index contributed by atoms with van der Waals surface area (Å²) in [6.07, 6.45) is -3.83. The second-order valence-electron chi connectivity index (χ2n) is 6.25. The summed E-state index contributed by atoms with van der Waals surface area (Å²) in [6, 6.07) is 19.2. The smallest absolute Gasteiger partial charge is 0.490 e. The molecular weight excluding hydrogens is 465 g/mol. The highest BCUT2D eigenvalue weighted by molar-refractivity contribution is 9.10. The van der Waals surface area contributed by atoms with Crippen LogP contribution in [0.4, 0.5) is 8.78 Å². The van der Waals surface area contributed by atoms with E-state index >= 15 is 0 Å². The maximum Gasteiger partial charge on any atom is 0.586 e. The number of ether oxygens (including phenoxy) is 3. The Bertz CT molecular complexity index is 1050. The third-order valence-corrected chi connectivity index (χ3v) is 8.62. The lowest BCUT2D eigenvalue weighted by Gasteiger charge is -2.22. The highest BCUT2D eigenvalue weighted by Crippen LogP contribution is 2.55. The zero-order chi connectivity index (χ0) is 20.6. The van der Waals surface area contributed by atoms with E-state index in [4.69, 9.17) is 9.47 Å². The lowest BCUT2D eigenvalue weighted by atomic mass is 10.3. The second-order valence-corrected chi connectivity index (χ2v) is 9.77. The van der Waals surface area contributed by atoms with Crippen molar-refractivity contribution < 1.29 is 27.6 Å². The summed E-state index contributed by atoms with van der Waals surface area (Å²) in [5.41, 5.74) is 0. The van der Waals surface area contributed by atoms with E-state index in [0.717, 1.165) is 0 Å². The minimum absolute atomic E-state index is 0.0463. The fourth-order valence-corrected chi connectivity index (χ4v) is 7.06. The Morgan fingerprint density at radius 2 is 1.48 bits per heavy atom. The van der Waals surface area contributed by atoms with Gasteiger partial charge in [-0.3, -0.25) is 0 Å². The summed E-state index contributed by atoms with van der Waals surface area (Å²) < 4.78 is 57.3. The number of fused-ring (bicyclic) bond motifs is 1. The zero-order valence-electron chi connectivity index (χ0n) is 15.3. The van der Waals surface area contributed by atoms with E-state index in [1.807, 2.05) is 12.1 Å². The predicted octanol–water partition coefficient (Wildman–Crippen LogP) is 4.81. The van der Waals surface area contributed by atoms with Crippen LogP contribution in [0.5, 0.6) is 17.2 Å². The van der Waals surface area contributed by atoms with Crippen molar-refractivity contribution in [2.75, 3.05) is 6.61 Å². The normalized spacial score (nSPS) is 14.6. The summed E-state index contributed by atoms with van der Waals surface area (Å²) >= 11 is 3.33. The van der Waals surface area contributed by atoms with Crippen LogP contribution in [0.2, 0.25) is 0 Å². The van der Waals surface area contributed by atoms with Crippen LogP contribution in [0, 0.1) is 0 Å². The molecule has 0 saturated carbocycles. The fraction of sp³-hybridized carbons (Fsp3) is 0.143. The highest BCUT2D eigenvalue weighted by atomic mass is 79.9. The SMILES string of the molecule is CCOc1cc(P(=O)(c2ccccc2)c2ccccc2)c(Br)c2c1OC(F)(F)O2. The van der Waals surface area contributed by atoms with Crippen LogP contribution in [0.15, 0.2) is 71.2 Å². The van der Waals surface area contributed by atoms with Crippen LogP contribution in [-0.4, -0.2) is 12.9 Å². The highest BCUT2D eigenvalue weighted by Gasteiger charge is 2.48. The number of benzene rings is 3. The Labute approximate surface area is 174 Å². The van der Waals surface area contributed by atoms with E-state index in [2.05, 4.69) is 20.7 Å². The molecule has 0 aromatic heterocycles. The molecule has 3 aromatic carbocycles. The lowest BCUT2D eigenvalue weighted by molar-refractivity contribution is -0.287. The van der Waals surface area contributed by atoms with Gasteiger partial charge in [0.05, 0.1) is 11.1 Å². The van der Waals surface area contributed by atoms with E-state index in [1.165, 1.54) is 6.07 Å². The third kappa shape index (κ3) is 3.43. The molecule has 0 unspecified atom stereocenters. The molecule has 0 atom stereocenters. The first kappa shape index (κ1) is 19.9. The third-order valence-electron chi connectivity index (χ3n) is 4.44. The molecule has 4 nitrogen and oxygen atoms in total. The van der Waals surface area contributed by atoms with Gasteiger partial charge in [-0.05, 0) is 28.9 Å². The van der Waals surface area contributed by atoms with Gasteiger partial charge in [0.2, 0.25) is 5.75 Å².